The number of halogens is 4. The molecule has 4 aromatic rings. The molecule has 0 spiro atoms. The molecule has 0 aliphatic heterocycles. The molecule has 3 aromatic heterocycles. The average molecular weight is 445 g/mol. The number of rotatable bonds is 4. The van der Waals surface area contributed by atoms with E-state index < -0.39 is 29.2 Å². The van der Waals surface area contributed by atoms with Crippen LogP contribution in [-0.4, -0.2) is 32.7 Å². The van der Waals surface area contributed by atoms with E-state index in [1.807, 2.05) is 5.10 Å². The molecular formula is C21H15F4N5O2. The summed E-state index contributed by atoms with van der Waals surface area (Å²) in [7, 11) is 1.42. The van der Waals surface area contributed by atoms with E-state index >= 15 is 0 Å². The van der Waals surface area contributed by atoms with Crippen molar-refractivity contribution in [2.45, 2.75) is 12.7 Å². The molecule has 2 N–H and O–H groups in total. The minimum Gasteiger partial charge on any atom is -0.355 e. The Morgan fingerprint density at radius 1 is 1.19 bits per heavy atom. The molecule has 0 radical (unpaired) electrons. The molecule has 11 heteroatoms. The number of fused-ring (bicyclic) bond motifs is 1. The summed E-state index contributed by atoms with van der Waals surface area (Å²) in [6.07, 6.45) is -0.978. The van der Waals surface area contributed by atoms with Gasteiger partial charge in [-0.1, -0.05) is 0 Å². The highest BCUT2D eigenvalue weighted by atomic mass is 19.4. The Balaban J connectivity index is 1.72. The SMILES string of the molecule is CNC(=O)c1cc(F)cc(Cn2ccc3cc(-c4cn[nH]c4C(F)(F)F)ncc3c2=O)c1. The van der Waals surface area contributed by atoms with Gasteiger partial charge in [0.2, 0.25) is 0 Å². The molecular weight excluding hydrogens is 430 g/mol. The number of nitrogens with one attached hydrogen (secondary N) is 2. The summed E-state index contributed by atoms with van der Waals surface area (Å²) >= 11 is 0. The molecule has 0 saturated heterocycles. The van der Waals surface area contributed by atoms with Gasteiger partial charge in [-0.25, -0.2) is 4.39 Å². The second kappa shape index (κ2) is 7.91. The maximum atomic E-state index is 13.9. The Labute approximate surface area is 177 Å². The molecule has 0 fully saturated rings. The Kier molecular flexibility index (Phi) is 5.25. The van der Waals surface area contributed by atoms with Crippen molar-refractivity contribution in [3.8, 4) is 11.3 Å². The first-order chi connectivity index (χ1) is 15.2. The fourth-order valence-corrected chi connectivity index (χ4v) is 3.36. The van der Waals surface area contributed by atoms with Crippen LogP contribution in [0.4, 0.5) is 17.6 Å². The van der Waals surface area contributed by atoms with Gasteiger partial charge in [0.05, 0.1) is 29.4 Å². The maximum Gasteiger partial charge on any atom is 0.433 e. The Morgan fingerprint density at radius 3 is 2.69 bits per heavy atom. The first kappa shape index (κ1) is 21.2. The largest absolute Gasteiger partial charge is 0.433 e. The van der Waals surface area contributed by atoms with Crippen molar-refractivity contribution in [1.29, 1.82) is 0 Å². The zero-order valence-electron chi connectivity index (χ0n) is 16.5. The predicted molar refractivity (Wildman–Crippen MR) is 107 cm³/mol. The van der Waals surface area contributed by atoms with Crippen LogP contribution in [-0.2, 0) is 12.7 Å². The third-order valence-electron chi connectivity index (χ3n) is 4.86. The lowest BCUT2D eigenvalue weighted by molar-refractivity contribution is -0.140. The summed E-state index contributed by atoms with van der Waals surface area (Å²) < 4.78 is 54.6. The summed E-state index contributed by atoms with van der Waals surface area (Å²) in [5.74, 6) is -1.09. The lowest BCUT2D eigenvalue weighted by Crippen LogP contribution is -2.21. The summed E-state index contributed by atoms with van der Waals surface area (Å²) in [4.78, 5) is 28.7. The number of aromatic nitrogens is 4. The predicted octanol–water partition coefficient (Wildman–Crippen LogP) is 3.35. The molecule has 7 nitrogen and oxygen atoms in total. The quantitative estimate of drug-likeness (QED) is 0.472. The standard InChI is InChI=1S/C21H15F4N5O2/c1-26-19(31)13-4-11(5-14(22)6-13)10-30-3-2-12-7-17(27-8-15(12)20(30)32)16-9-28-29-18(16)21(23,24)25/h2-9H,10H2,1H3,(H,26,31)(H,28,29). The van der Waals surface area contributed by atoms with Crippen molar-refractivity contribution in [3.63, 3.8) is 0 Å². The summed E-state index contributed by atoms with van der Waals surface area (Å²) in [6, 6.07) is 6.68. The number of nitrogens with zero attached hydrogens (tertiary/aromatic N) is 3. The second-order valence-electron chi connectivity index (χ2n) is 6.99. The number of carbonyl (C=O) groups excluding carboxylic acids is 1. The molecule has 32 heavy (non-hydrogen) atoms. The second-order valence-corrected chi connectivity index (χ2v) is 6.99. The number of pyridine rings is 2. The molecule has 0 bridgehead atoms. The Morgan fingerprint density at radius 2 is 1.97 bits per heavy atom. The fraction of sp³-hybridized carbons (Fsp3) is 0.143. The van der Waals surface area contributed by atoms with Gasteiger partial charge in [0.25, 0.3) is 11.5 Å². The van der Waals surface area contributed by atoms with Gasteiger partial charge in [-0.15, -0.1) is 0 Å². The van der Waals surface area contributed by atoms with Crippen LogP contribution < -0.4 is 10.9 Å². The molecule has 4 rings (SSSR count). The van der Waals surface area contributed by atoms with E-state index in [9.17, 15) is 27.2 Å². The van der Waals surface area contributed by atoms with Crippen molar-refractivity contribution in [1.82, 2.24) is 25.1 Å². The van der Waals surface area contributed by atoms with E-state index in [0.717, 1.165) is 12.3 Å². The molecule has 0 aliphatic carbocycles. The van der Waals surface area contributed by atoms with E-state index in [4.69, 9.17) is 0 Å². The van der Waals surface area contributed by atoms with Crippen LogP contribution in [0, 0.1) is 5.82 Å². The monoisotopic (exact) mass is 445 g/mol. The molecule has 0 unspecified atom stereocenters. The van der Waals surface area contributed by atoms with Gasteiger partial charge in [-0.3, -0.25) is 19.7 Å². The molecule has 3 heterocycles. The molecule has 1 amide bonds. The smallest absolute Gasteiger partial charge is 0.355 e. The van der Waals surface area contributed by atoms with Gasteiger partial charge in [0.1, 0.15) is 11.5 Å². The number of aromatic amines is 1. The van der Waals surface area contributed by atoms with Crippen LogP contribution in [0.25, 0.3) is 22.0 Å². The third-order valence-corrected chi connectivity index (χ3v) is 4.86. The fourth-order valence-electron chi connectivity index (χ4n) is 3.36. The van der Waals surface area contributed by atoms with E-state index in [1.165, 1.54) is 42.2 Å². The normalized spacial score (nSPS) is 11.7. The van der Waals surface area contributed by atoms with E-state index in [1.54, 1.807) is 6.07 Å². The van der Waals surface area contributed by atoms with Crippen LogP contribution in [0.1, 0.15) is 21.6 Å². The third kappa shape index (κ3) is 3.96. The number of amides is 1. The number of H-pyrrole nitrogens is 1. The minimum atomic E-state index is -4.63. The van der Waals surface area contributed by atoms with Crippen molar-refractivity contribution in [2.24, 2.45) is 0 Å². The van der Waals surface area contributed by atoms with Crippen molar-refractivity contribution < 1.29 is 22.4 Å². The summed E-state index contributed by atoms with van der Waals surface area (Å²) in [6.45, 7) is -0.0156. The molecule has 1 aromatic carbocycles. The number of hydrogen-bond acceptors (Lipinski definition) is 4. The van der Waals surface area contributed by atoms with Gasteiger partial charge in [-0.2, -0.15) is 18.3 Å². The van der Waals surface area contributed by atoms with Crippen molar-refractivity contribution in [3.05, 3.63) is 81.9 Å². The number of benzene rings is 1. The number of alkyl halides is 3. The Bertz CT molecular complexity index is 1390. The first-order valence-corrected chi connectivity index (χ1v) is 9.29. The zero-order valence-corrected chi connectivity index (χ0v) is 16.5. The van der Waals surface area contributed by atoms with Crippen LogP contribution >= 0.6 is 0 Å². The van der Waals surface area contributed by atoms with Gasteiger partial charge >= 0.3 is 6.18 Å². The van der Waals surface area contributed by atoms with E-state index in [2.05, 4.69) is 15.4 Å². The maximum absolute atomic E-state index is 13.9. The first-order valence-electron chi connectivity index (χ1n) is 9.29. The Hall–Kier alpha value is -4.02. The highest BCUT2D eigenvalue weighted by Gasteiger charge is 2.36. The van der Waals surface area contributed by atoms with Crippen LogP contribution in [0.5, 0.6) is 0 Å². The van der Waals surface area contributed by atoms with Crippen molar-refractivity contribution >= 4 is 16.7 Å². The lowest BCUT2D eigenvalue weighted by atomic mass is 10.1. The zero-order chi connectivity index (χ0) is 23.0. The minimum absolute atomic E-state index is 0.0103. The highest BCUT2D eigenvalue weighted by Crippen LogP contribution is 2.35. The van der Waals surface area contributed by atoms with E-state index in [-0.39, 0.29) is 28.8 Å². The highest BCUT2D eigenvalue weighted by molar-refractivity contribution is 5.94. The molecule has 0 saturated carbocycles. The van der Waals surface area contributed by atoms with Crippen LogP contribution in [0.15, 0.2) is 53.7 Å². The van der Waals surface area contributed by atoms with Crippen molar-refractivity contribution in [2.75, 3.05) is 7.05 Å². The van der Waals surface area contributed by atoms with Crippen LogP contribution in [0.2, 0.25) is 0 Å². The molecule has 0 aliphatic rings. The lowest BCUT2D eigenvalue weighted by Gasteiger charge is -2.10. The summed E-state index contributed by atoms with van der Waals surface area (Å²) in [5, 5.41) is 8.34. The van der Waals surface area contributed by atoms with Gasteiger partial charge in [-0.05, 0) is 41.3 Å². The average Bonchev–Trinajstić information content (AvgIpc) is 3.25. The number of carbonyl (C=O) groups is 1. The van der Waals surface area contributed by atoms with Gasteiger partial charge in [0.15, 0.2) is 0 Å². The van der Waals surface area contributed by atoms with Gasteiger partial charge < -0.3 is 9.88 Å². The molecule has 0 atom stereocenters. The molecule has 164 valence electrons. The van der Waals surface area contributed by atoms with E-state index in [0.29, 0.717) is 10.9 Å². The summed E-state index contributed by atoms with van der Waals surface area (Å²) in [5.41, 5.74) is -1.21. The van der Waals surface area contributed by atoms with Crippen LogP contribution in [0.3, 0.4) is 0 Å². The van der Waals surface area contributed by atoms with Gasteiger partial charge in [0, 0.05) is 25.0 Å². The number of hydrogen-bond donors (Lipinski definition) is 2. The topological polar surface area (TPSA) is 92.7 Å².